The number of piperidine rings is 1. The van der Waals surface area contributed by atoms with E-state index in [2.05, 4.69) is 40.2 Å². The van der Waals surface area contributed by atoms with E-state index in [0.29, 0.717) is 24.3 Å². The summed E-state index contributed by atoms with van der Waals surface area (Å²) in [4.78, 5) is 43.5. The van der Waals surface area contributed by atoms with Crippen molar-refractivity contribution in [3.8, 4) is 0 Å². The highest BCUT2D eigenvalue weighted by Gasteiger charge is 2.48. The average molecular weight is 579 g/mol. The maximum atomic E-state index is 12.5. The number of imide groups is 1. The number of anilines is 1. The number of amides is 3. The van der Waals surface area contributed by atoms with Gasteiger partial charge in [0, 0.05) is 75.3 Å². The van der Waals surface area contributed by atoms with E-state index in [1.165, 1.54) is 31.4 Å². The van der Waals surface area contributed by atoms with Gasteiger partial charge in [-0.1, -0.05) is 0 Å². The van der Waals surface area contributed by atoms with Crippen LogP contribution in [0.1, 0.15) is 77.8 Å². The molecule has 4 heterocycles. The average Bonchev–Trinajstić information content (AvgIpc) is 3.23. The quantitative estimate of drug-likeness (QED) is 0.547. The maximum Gasteiger partial charge on any atom is 0.410 e. The zero-order valence-electron chi connectivity index (χ0n) is 25.8. The summed E-state index contributed by atoms with van der Waals surface area (Å²) in [5, 5.41) is 8.16. The Labute approximate surface area is 248 Å². The lowest BCUT2D eigenvalue weighted by Crippen LogP contribution is -2.60. The van der Waals surface area contributed by atoms with Gasteiger partial charge in [0.05, 0.1) is 17.1 Å². The molecule has 1 spiro atoms. The standard InChI is InChI=1S/C32H46N6O4/c1-21-17-37(23-6-7-24-26(16-23)35(5)34-28(24)25-8-9-27(39)33-29(25)40)15-14-36(21)18-22-10-12-32(13-11-22)19-38(20-32)30(41)42-31(2,3)4/h6-7,16,21-22,25H,8-15,17-20H2,1-5H3,(H,33,39,40)/t21-,25?/m1/s1. The van der Waals surface area contributed by atoms with Gasteiger partial charge in [-0.2, -0.15) is 5.10 Å². The molecule has 4 fully saturated rings. The summed E-state index contributed by atoms with van der Waals surface area (Å²) in [5.41, 5.74) is 2.83. The van der Waals surface area contributed by atoms with Crippen LogP contribution in [0.3, 0.4) is 0 Å². The highest BCUT2D eigenvalue weighted by molar-refractivity contribution is 6.02. The number of carbonyl (C=O) groups is 3. The van der Waals surface area contributed by atoms with Gasteiger partial charge >= 0.3 is 6.09 Å². The molecule has 3 aliphatic heterocycles. The molecular formula is C32H46N6O4. The third kappa shape index (κ3) is 5.74. The van der Waals surface area contributed by atoms with Gasteiger partial charge in [0.15, 0.2) is 0 Å². The Bertz CT molecular complexity index is 1360. The Morgan fingerprint density at radius 3 is 2.52 bits per heavy atom. The van der Waals surface area contributed by atoms with E-state index in [4.69, 9.17) is 9.84 Å². The fourth-order valence-electron chi connectivity index (χ4n) is 7.52. The summed E-state index contributed by atoms with van der Waals surface area (Å²) in [5.74, 6) is -0.117. The van der Waals surface area contributed by atoms with Crippen molar-refractivity contribution >= 4 is 34.5 Å². The molecule has 2 atom stereocenters. The lowest BCUT2D eigenvalue weighted by atomic mass is 9.66. The first-order chi connectivity index (χ1) is 19.9. The monoisotopic (exact) mass is 578 g/mol. The molecule has 0 radical (unpaired) electrons. The molecule has 1 saturated carbocycles. The van der Waals surface area contributed by atoms with Crippen LogP contribution in [0.25, 0.3) is 10.9 Å². The largest absolute Gasteiger partial charge is 0.444 e. The highest BCUT2D eigenvalue weighted by Crippen LogP contribution is 2.46. The maximum absolute atomic E-state index is 12.5. The van der Waals surface area contributed by atoms with Gasteiger partial charge in [0.2, 0.25) is 11.8 Å². The number of nitrogens with one attached hydrogen (secondary N) is 1. The van der Waals surface area contributed by atoms with Gasteiger partial charge in [-0.15, -0.1) is 0 Å². The van der Waals surface area contributed by atoms with Gasteiger partial charge in [0.1, 0.15) is 5.60 Å². The summed E-state index contributed by atoms with van der Waals surface area (Å²) in [6, 6.07) is 6.90. The minimum Gasteiger partial charge on any atom is -0.444 e. The number of piperazine rings is 1. The third-order valence-electron chi connectivity index (χ3n) is 9.93. The Morgan fingerprint density at radius 2 is 1.86 bits per heavy atom. The second-order valence-corrected chi connectivity index (χ2v) is 14.3. The van der Waals surface area contributed by atoms with Crippen molar-refractivity contribution in [3.63, 3.8) is 0 Å². The second-order valence-electron chi connectivity index (χ2n) is 14.3. The molecule has 3 saturated heterocycles. The molecule has 2 aromatic rings. The molecule has 42 heavy (non-hydrogen) atoms. The highest BCUT2D eigenvalue weighted by atomic mass is 16.6. The van der Waals surface area contributed by atoms with E-state index in [-0.39, 0.29) is 23.8 Å². The third-order valence-corrected chi connectivity index (χ3v) is 9.93. The van der Waals surface area contributed by atoms with E-state index in [1.54, 1.807) is 0 Å². The number of ether oxygens (including phenoxy) is 1. The van der Waals surface area contributed by atoms with E-state index < -0.39 is 5.60 Å². The minimum atomic E-state index is -0.440. The molecule has 6 rings (SSSR count). The molecule has 1 aromatic heterocycles. The van der Waals surface area contributed by atoms with Crippen molar-refractivity contribution in [1.82, 2.24) is 24.9 Å². The molecule has 1 unspecified atom stereocenters. The van der Waals surface area contributed by atoms with Crippen LogP contribution >= 0.6 is 0 Å². The molecule has 1 N–H and O–H groups in total. The molecule has 1 aromatic carbocycles. The lowest BCUT2D eigenvalue weighted by Gasteiger charge is -2.53. The van der Waals surface area contributed by atoms with Crippen LogP contribution in [0.5, 0.6) is 0 Å². The summed E-state index contributed by atoms with van der Waals surface area (Å²) in [6.07, 6.45) is 5.57. The number of hydrogen-bond acceptors (Lipinski definition) is 7. The second kappa shape index (κ2) is 10.8. The first kappa shape index (κ1) is 29.0. The molecule has 228 valence electrons. The van der Waals surface area contributed by atoms with Crippen LogP contribution < -0.4 is 10.2 Å². The fourth-order valence-corrected chi connectivity index (χ4v) is 7.52. The van der Waals surface area contributed by atoms with E-state index in [1.807, 2.05) is 37.4 Å². The van der Waals surface area contributed by atoms with Crippen LogP contribution in [0, 0.1) is 11.3 Å². The van der Waals surface area contributed by atoms with Gasteiger partial charge in [-0.05, 0) is 83.9 Å². The smallest absolute Gasteiger partial charge is 0.410 e. The number of carbonyl (C=O) groups excluding carboxylic acids is 3. The van der Waals surface area contributed by atoms with Crippen LogP contribution in [-0.4, -0.2) is 88.4 Å². The normalized spacial score (nSPS) is 25.5. The van der Waals surface area contributed by atoms with Crippen LogP contribution in [-0.2, 0) is 21.4 Å². The number of nitrogens with zero attached hydrogens (tertiary/aromatic N) is 5. The number of fused-ring (bicyclic) bond motifs is 1. The number of aromatic nitrogens is 2. The Hall–Kier alpha value is -3.14. The Kier molecular flexibility index (Phi) is 7.48. The van der Waals surface area contributed by atoms with Crippen molar-refractivity contribution in [3.05, 3.63) is 23.9 Å². The summed E-state index contributed by atoms with van der Waals surface area (Å²) in [6.45, 7) is 14.0. The lowest BCUT2D eigenvalue weighted by molar-refractivity contribution is -0.134. The van der Waals surface area contributed by atoms with Crippen molar-refractivity contribution in [2.24, 2.45) is 18.4 Å². The molecular weight excluding hydrogens is 532 g/mol. The van der Waals surface area contributed by atoms with E-state index >= 15 is 0 Å². The van der Waals surface area contributed by atoms with Crippen molar-refractivity contribution < 1.29 is 19.1 Å². The Balaban J connectivity index is 1.01. The zero-order valence-corrected chi connectivity index (χ0v) is 25.8. The molecule has 10 heteroatoms. The fraction of sp³-hybridized carbons (Fsp3) is 0.688. The van der Waals surface area contributed by atoms with Crippen LogP contribution in [0.2, 0.25) is 0 Å². The zero-order chi connectivity index (χ0) is 29.8. The minimum absolute atomic E-state index is 0.167. The van der Waals surface area contributed by atoms with Crippen molar-refractivity contribution in [1.29, 1.82) is 0 Å². The van der Waals surface area contributed by atoms with Crippen LogP contribution in [0.4, 0.5) is 10.5 Å². The number of benzene rings is 1. The molecule has 0 bridgehead atoms. The molecule has 1 aliphatic carbocycles. The van der Waals surface area contributed by atoms with Gasteiger partial charge in [-0.25, -0.2) is 4.79 Å². The summed E-state index contributed by atoms with van der Waals surface area (Å²) < 4.78 is 7.42. The number of likely N-dealkylation sites (tertiary alicyclic amines) is 1. The topological polar surface area (TPSA) is 100 Å². The van der Waals surface area contributed by atoms with Crippen molar-refractivity contribution in [2.45, 2.75) is 83.8 Å². The van der Waals surface area contributed by atoms with Crippen LogP contribution in [0.15, 0.2) is 18.2 Å². The molecule has 3 amide bonds. The van der Waals surface area contributed by atoms with Gasteiger partial charge < -0.3 is 14.5 Å². The number of rotatable bonds is 4. The Morgan fingerprint density at radius 1 is 1.12 bits per heavy atom. The predicted molar refractivity (Wildman–Crippen MR) is 161 cm³/mol. The molecule has 4 aliphatic rings. The number of hydrogen-bond donors (Lipinski definition) is 1. The SMILES string of the molecule is C[C@@H]1CN(c2ccc3c(C4CCC(=O)NC4=O)nn(C)c3c2)CCN1CC1CCC2(CC1)CN(C(=O)OC(C)(C)C)C2. The predicted octanol–water partition coefficient (Wildman–Crippen LogP) is 4.03. The molecule has 10 nitrogen and oxygen atoms in total. The first-order valence-corrected chi connectivity index (χ1v) is 15.7. The van der Waals surface area contributed by atoms with Gasteiger partial charge in [0.25, 0.3) is 0 Å². The van der Waals surface area contributed by atoms with Crippen molar-refractivity contribution in [2.75, 3.05) is 44.2 Å². The van der Waals surface area contributed by atoms with Gasteiger partial charge in [-0.3, -0.25) is 24.5 Å². The van der Waals surface area contributed by atoms with E-state index in [9.17, 15) is 14.4 Å². The van der Waals surface area contributed by atoms with E-state index in [0.717, 1.165) is 61.8 Å². The number of aryl methyl sites for hydroxylation is 1. The summed E-state index contributed by atoms with van der Waals surface area (Å²) in [7, 11) is 1.93. The summed E-state index contributed by atoms with van der Waals surface area (Å²) >= 11 is 0. The first-order valence-electron chi connectivity index (χ1n) is 15.7.